The number of guanidine groups is 1. The third kappa shape index (κ3) is 9.09. The summed E-state index contributed by atoms with van der Waals surface area (Å²) in [7, 11) is 3.08. The topological polar surface area (TPSA) is 39.7 Å². The van der Waals surface area contributed by atoms with E-state index in [1.54, 1.807) is 7.05 Å². The molecule has 2 N–H and O–H groups in total. The van der Waals surface area contributed by atoms with Crippen molar-refractivity contribution in [2.24, 2.45) is 4.99 Å². The van der Waals surface area contributed by atoms with Gasteiger partial charge in [0.15, 0.2) is 5.96 Å². The first kappa shape index (κ1) is 17.0. The Labute approximate surface area is 107 Å². The zero-order chi connectivity index (χ0) is 14.2. The molecule has 0 radical (unpaired) electrons. The van der Waals surface area contributed by atoms with Crippen molar-refractivity contribution in [3.63, 3.8) is 0 Å². The van der Waals surface area contributed by atoms with Gasteiger partial charge in [0.25, 0.3) is 0 Å². The highest BCUT2D eigenvalue weighted by molar-refractivity contribution is 5.79. The second-order valence-corrected chi connectivity index (χ2v) is 4.31. The van der Waals surface area contributed by atoms with E-state index in [1.807, 2.05) is 13.8 Å². The van der Waals surface area contributed by atoms with Crippen molar-refractivity contribution in [1.29, 1.82) is 0 Å². The molecule has 0 aromatic heterocycles. The van der Waals surface area contributed by atoms with Crippen LogP contribution in [-0.2, 0) is 0 Å². The average Bonchev–Trinajstić information content (AvgIpc) is 2.24. The SMILES string of the molecule is CCC(C)NC(=NC)NCCN(C)CC(F)(F)F. The maximum atomic E-state index is 12.1. The highest BCUT2D eigenvalue weighted by Crippen LogP contribution is 2.14. The van der Waals surface area contributed by atoms with Crippen LogP contribution in [0.25, 0.3) is 0 Å². The van der Waals surface area contributed by atoms with E-state index in [2.05, 4.69) is 15.6 Å². The molecule has 0 saturated heterocycles. The van der Waals surface area contributed by atoms with Gasteiger partial charge in [-0.3, -0.25) is 9.89 Å². The highest BCUT2D eigenvalue weighted by Gasteiger charge is 2.28. The summed E-state index contributed by atoms with van der Waals surface area (Å²) in [5.74, 6) is 0.616. The minimum Gasteiger partial charge on any atom is -0.355 e. The second-order valence-electron chi connectivity index (χ2n) is 4.31. The number of aliphatic imine (C=N–C) groups is 1. The van der Waals surface area contributed by atoms with Crippen molar-refractivity contribution < 1.29 is 13.2 Å². The number of hydrogen-bond donors (Lipinski definition) is 2. The fourth-order valence-corrected chi connectivity index (χ4v) is 1.28. The van der Waals surface area contributed by atoms with Crippen LogP contribution in [0, 0.1) is 0 Å². The van der Waals surface area contributed by atoms with E-state index in [0.717, 1.165) is 6.42 Å². The molecule has 108 valence electrons. The molecule has 0 heterocycles. The summed E-state index contributed by atoms with van der Waals surface area (Å²) in [6.45, 7) is 3.89. The Morgan fingerprint density at radius 3 is 2.44 bits per heavy atom. The van der Waals surface area contributed by atoms with Gasteiger partial charge in [-0.05, 0) is 20.4 Å². The predicted molar refractivity (Wildman–Crippen MR) is 67.8 cm³/mol. The lowest BCUT2D eigenvalue weighted by Crippen LogP contribution is -2.45. The molecular weight excluding hydrogens is 245 g/mol. The van der Waals surface area contributed by atoms with Crippen LogP contribution in [0.1, 0.15) is 20.3 Å². The molecule has 0 amide bonds. The van der Waals surface area contributed by atoms with Gasteiger partial charge in [-0.25, -0.2) is 0 Å². The van der Waals surface area contributed by atoms with Gasteiger partial charge in [0.2, 0.25) is 0 Å². The third-order valence-electron chi connectivity index (χ3n) is 2.45. The van der Waals surface area contributed by atoms with Crippen molar-refractivity contribution in [2.75, 3.05) is 33.7 Å². The molecule has 0 saturated carbocycles. The maximum Gasteiger partial charge on any atom is 0.401 e. The molecule has 7 heteroatoms. The van der Waals surface area contributed by atoms with Crippen LogP contribution in [0.4, 0.5) is 13.2 Å². The standard InChI is InChI=1S/C11H23F3N4/c1-5-9(2)17-10(15-3)16-6-7-18(4)8-11(12,13)14/h9H,5-8H2,1-4H3,(H2,15,16,17). The second kappa shape index (κ2) is 8.18. The van der Waals surface area contributed by atoms with Gasteiger partial charge < -0.3 is 10.6 Å². The Morgan fingerprint density at radius 1 is 1.39 bits per heavy atom. The highest BCUT2D eigenvalue weighted by atomic mass is 19.4. The monoisotopic (exact) mass is 268 g/mol. The first-order valence-electron chi connectivity index (χ1n) is 6.01. The van der Waals surface area contributed by atoms with Crippen LogP contribution >= 0.6 is 0 Å². The van der Waals surface area contributed by atoms with Gasteiger partial charge in [0.05, 0.1) is 6.54 Å². The summed E-state index contributed by atoms with van der Waals surface area (Å²) in [6.07, 6.45) is -3.19. The molecule has 1 atom stereocenters. The zero-order valence-electron chi connectivity index (χ0n) is 11.4. The molecule has 4 nitrogen and oxygen atoms in total. The zero-order valence-corrected chi connectivity index (χ0v) is 11.4. The molecule has 0 aliphatic rings. The minimum atomic E-state index is -4.15. The Morgan fingerprint density at radius 2 is 2.00 bits per heavy atom. The molecule has 0 rings (SSSR count). The van der Waals surface area contributed by atoms with Gasteiger partial charge in [0, 0.05) is 26.2 Å². The largest absolute Gasteiger partial charge is 0.401 e. The van der Waals surface area contributed by atoms with Crippen molar-refractivity contribution in [3.05, 3.63) is 0 Å². The Hall–Kier alpha value is -0.980. The molecule has 1 unspecified atom stereocenters. The summed E-state index contributed by atoms with van der Waals surface area (Å²) in [6, 6.07) is 0.282. The van der Waals surface area contributed by atoms with Crippen molar-refractivity contribution in [1.82, 2.24) is 15.5 Å². The smallest absolute Gasteiger partial charge is 0.355 e. The molecule has 0 spiro atoms. The Bertz CT molecular complexity index is 253. The minimum absolute atomic E-state index is 0.282. The van der Waals surface area contributed by atoms with Gasteiger partial charge in [-0.15, -0.1) is 0 Å². The van der Waals surface area contributed by atoms with Crippen LogP contribution in [0.5, 0.6) is 0 Å². The van der Waals surface area contributed by atoms with E-state index in [1.165, 1.54) is 11.9 Å². The van der Waals surface area contributed by atoms with E-state index < -0.39 is 12.7 Å². The number of nitrogens with zero attached hydrogens (tertiary/aromatic N) is 2. The summed E-state index contributed by atoms with van der Waals surface area (Å²) in [5, 5.41) is 6.12. The van der Waals surface area contributed by atoms with Gasteiger partial charge in [-0.2, -0.15) is 13.2 Å². The normalized spacial score (nSPS) is 14.8. The van der Waals surface area contributed by atoms with E-state index in [4.69, 9.17) is 0 Å². The molecule has 0 aliphatic heterocycles. The molecular formula is C11H23F3N4. The van der Waals surface area contributed by atoms with E-state index in [-0.39, 0.29) is 6.04 Å². The summed E-state index contributed by atoms with van der Waals surface area (Å²) < 4.78 is 36.2. The fourth-order valence-electron chi connectivity index (χ4n) is 1.28. The average molecular weight is 268 g/mol. The molecule has 0 aromatic carbocycles. The van der Waals surface area contributed by atoms with Gasteiger partial charge in [-0.1, -0.05) is 6.92 Å². The first-order valence-corrected chi connectivity index (χ1v) is 6.01. The number of nitrogens with one attached hydrogen (secondary N) is 2. The number of halogens is 3. The first-order chi connectivity index (χ1) is 8.28. The van der Waals surface area contributed by atoms with E-state index >= 15 is 0 Å². The molecule has 0 aliphatic carbocycles. The van der Waals surface area contributed by atoms with E-state index in [0.29, 0.717) is 19.0 Å². The summed E-state index contributed by atoms with van der Waals surface area (Å²) in [4.78, 5) is 5.23. The molecule has 0 bridgehead atoms. The number of rotatable bonds is 6. The molecule has 0 aromatic rings. The lowest BCUT2D eigenvalue weighted by molar-refractivity contribution is -0.142. The van der Waals surface area contributed by atoms with Crippen molar-refractivity contribution >= 4 is 5.96 Å². The Balaban J connectivity index is 3.88. The quantitative estimate of drug-likeness (QED) is 0.566. The summed E-state index contributed by atoms with van der Waals surface area (Å²) in [5.41, 5.74) is 0. The van der Waals surface area contributed by atoms with E-state index in [9.17, 15) is 13.2 Å². The fraction of sp³-hybridized carbons (Fsp3) is 0.909. The van der Waals surface area contributed by atoms with Crippen molar-refractivity contribution in [3.8, 4) is 0 Å². The number of likely N-dealkylation sites (N-methyl/N-ethyl adjacent to an activating group) is 1. The lowest BCUT2D eigenvalue weighted by Gasteiger charge is -2.20. The van der Waals surface area contributed by atoms with Crippen LogP contribution < -0.4 is 10.6 Å². The van der Waals surface area contributed by atoms with Crippen LogP contribution in [0.15, 0.2) is 4.99 Å². The van der Waals surface area contributed by atoms with Crippen molar-refractivity contribution in [2.45, 2.75) is 32.5 Å². The molecule has 18 heavy (non-hydrogen) atoms. The maximum absolute atomic E-state index is 12.1. The Kier molecular flexibility index (Phi) is 7.73. The lowest BCUT2D eigenvalue weighted by atomic mass is 10.3. The number of alkyl halides is 3. The van der Waals surface area contributed by atoms with Crippen LogP contribution in [0.2, 0.25) is 0 Å². The predicted octanol–water partition coefficient (Wildman–Crippen LogP) is 1.44. The summed E-state index contributed by atoms with van der Waals surface area (Å²) >= 11 is 0. The molecule has 0 fully saturated rings. The van der Waals surface area contributed by atoms with Gasteiger partial charge in [0.1, 0.15) is 0 Å². The third-order valence-corrected chi connectivity index (χ3v) is 2.45. The van der Waals surface area contributed by atoms with Gasteiger partial charge >= 0.3 is 6.18 Å². The van der Waals surface area contributed by atoms with Crippen LogP contribution in [-0.4, -0.2) is 56.8 Å². The van der Waals surface area contributed by atoms with Crippen LogP contribution in [0.3, 0.4) is 0 Å². The number of hydrogen-bond acceptors (Lipinski definition) is 2.